The van der Waals surface area contributed by atoms with Crippen LogP contribution in [-0.2, 0) is 0 Å². The van der Waals surface area contributed by atoms with E-state index in [0.717, 1.165) is 21.6 Å². The van der Waals surface area contributed by atoms with Crippen LogP contribution >= 0.6 is 15.9 Å². The Labute approximate surface area is 108 Å². The minimum Gasteiger partial charge on any atom is -0.464 e. The van der Waals surface area contributed by atoms with Gasteiger partial charge in [0.25, 0.3) is 0 Å². The molecule has 1 heterocycles. The lowest BCUT2D eigenvalue weighted by Crippen LogP contribution is -2.17. The van der Waals surface area contributed by atoms with Crippen molar-refractivity contribution in [2.24, 2.45) is 0 Å². The second-order valence-electron chi connectivity index (χ2n) is 3.84. The summed E-state index contributed by atoms with van der Waals surface area (Å²) < 4.78 is 19.7. The van der Waals surface area contributed by atoms with Gasteiger partial charge in [-0.15, -0.1) is 0 Å². The molecular weight excluding hydrogens is 285 g/mol. The molecule has 0 spiro atoms. The number of aryl methyl sites for hydroxylation is 1. The molecule has 0 aliphatic carbocycles. The van der Waals surface area contributed by atoms with Crippen molar-refractivity contribution in [1.82, 2.24) is 5.32 Å². The molecule has 1 N–H and O–H groups in total. The van der Waals surface area contributed by atoms with Gasteiger partial charge < -0.3 is 9.73 Å². The fraction of sp³-hybridized carbons (Fsp3) is 0.231. The third kappa shape index (κ3) is 2.58. The molecule has 0 amide bonds. The van der Waals surface area contributed by atoms with Crippen LogP contribution in [0, 0.1) is 12.7 Å². The highest BCUT2D eigenvalue weighted by Crippen LogP contribution is 2.29. The molecule has 1 aromatic carbocycles. The molecule has 2 aromatic rings. The summed E-state index contributed by atoms with van der Waals surface area (Å²) in [5, 5.41) is 3.13. The maximum Gasteiger partial charge on any atom is 0.125 e. The zero-order valence-corrected chi connectivity index (χ0v) is 11.2. The third-order valence-electron chi connectivity index (χ3n) is 2.60. The fourth-order valence-electron chi connectivity index (χ4n) is 1.80. The van der Waals surface area contributed by atoms with E-state index < -0.39 is 0 Å². The van der Waals surface area contributed by atoms with Crippen molar-refractivity contribution in [2.45, 2.75) is 13.0 Å². The number of hydrogen-bond acceptors (Lipinski definition) is 2. The summed E-state index contributed by atoms with van der Waals surface area (Å²) in [5.41, 5.74) is 0.821. The summed E-state index contributed by atoms with van der Waals surface area (Å²) in [4.78, 5) is 0. The van der Waals surface area contributed by atoms with Gasteiger partial charge in [0.1, 0.15) is 17.3 Å². The topological polar surface area (TPSA) is 25.2 Å². The molecule has 17 heavy (non-hydrogen) atoms. The van der Waals surface area contributed by atoms with E-state index in [2.05, 4.69) is 21.2 Å². The Morgan fingerprint density at radius 1 is 1.29 bits per heavy atom. The van der Waals surface area contributed by atoms with Gasteiger partial charge in [-0.05, 0) is 49.9 Å². The maximum absolute atomic E-state index is 13.3. The molecular formula is C13H13BrFNO. The molecule has 0 aliphatic rings. The van der Waals surface area contributed by atoms with Gasteiger partial charge in [-0.25, -0.2) is 4.39 Å². The average molecular weight is 298 g/mol. The first-order chi connectivity index (χ1) is 8.11. The van der Waals surface area contributed by atoms with Crippen molar-refractivity contribution >= 4 is 15.9 Å². The fourth-order valence-corrected chi connectivity index (χ4v) is 2.27. The summed E-state index contributed by atoms with van der Waals surface area (Å²) in [6, 6.07) is 8.26. The van der Waals surface area contributed by atoms with Crippen molar-refractivity contribution in [1.29, 1.82) is 0 Å². The molecule has 0 saturated heterocycles. The van der Waals surface area contributed by atoms with Gasteiger partial charge in [0.05, 0.1) is 6.04 Å². The van der Waals surface area contributed by atoms with E-state index in [9.17, 15) is 4.39 Å². The van der Waals surface area contributed by atoms with Crippen molar-refractivity contribution in [3.8, 4) is 0 Å². The second-order valence-corrected chi connectivity index (χ2v) is 4.69. The van der Waals surface area contributed by atoms with E-state index in [4.69, 9.17) is 4.42 Å². The monoisotopic (exact) mass is 297 g/mol. The van der Waals surface area contributed by atoms with Crippen LogP contribution in [0.15, 0.2) is 39.2 Å². The number of benzene rings is 1. The number of halogens is 2. The minimum absolute atomic E-state index is 0.159. The normalized spacial score (nSPS) is 12.7. The van der Waals surface area contributed by atoms with Crippen molar-refractivity contribution in [3.05, 3.63) is 57.7 Å². The predicted molar refractivity (Wildman–Crippen MR) is 68.4 cm³/mol. The highest BCUT2D eigenvalue weighted by molar-refractivity contribution is 9.10. The zero-order chi connectivity index (χ0) is 12.4. The van der Waals surface area contributed by atoms with Gasteiger partial charge >= 0.3 is 0 Å². The summed E-state index contributed by atoms with van der Waals surface area (Å²) >= 11 is 3.43. The Hall–Kier alpha value is -1.13. The van der Waals surface area contributed by atoms with Gasteiger partial charge in [0.2, 0.25) is 0 Å². The lowest BCUT2D eigenvalue weighted by molar-refractivity contribution is 0.442. The molecule has 2 rings (SSSR count). The lowest BCUT2D eigenvalue weighted by Gasteiger charge is -2.16. The Bertz CT molecular complexity index is 524. The molecule has 0 aliphatic heterocycles. The molecule has 1 atom stereocenters. The van der Waals surface area contributed by atoms with Crippen LogP contribution in [0.1, 0.15) is 23.1 Å². The number of rotatable bonds is 3. The van der Waals surface area contributed by atoms with Gasteiger partial charge in [-0.2, -0.15) is 0 Å². The Morgan fingerprint density at radius 2 is 2.06 bits per heavy atom. The maximum atomic E-state index is 13.3. The number of furan rings is 1. The van der Waals surface area contributed by atoms with Crippen LogP contribution in [0.25, 0.3) is 0 Å². The van der Waals surface area contributed by atoms with Gasteiger partial charge in [-0.3, -0.25) is 0 Å². The van der Waals surface area contributed by atoms with Crippen molar-refractivity contribution in [2.75, 3.05) is 7.05 Å². The first-order valence-electron chi connectivity index (χ1n) is 5.30. The van der Waals surface area contributed by atoms with Crippen LogP contribution in [0.4, 0.5) is 4.39 Å². The number of nitrogens with one attached hydrogen (secondary N) is 1. The van der Waals surface area contributed by atoms with Gasteiger partial charge in [-0.1, -0.05) is 15.9 Å². The van der Waals surface area contributed by atoms with Crippen molar-refractivity contribution in [3.63, 3.8) is 0 Å². The van der Waals surface area contributed by atoms with Crippen LogP contribution in [0.5, 0.6) is 0 Å². The molecule has 2 nitrogen and oxygen atoms in total. The molecule has 4 heteroatoms. The third-order valence-corrected chi connectivity index (χ3v) is 3.33. The van der Waals surface area contributed by atoms with E-state index in [-0.39, 0.29) is 11.9 Å². The first kappa shape index (κ1) is 12.3. The molecule has 0 fully saturated rings. The summed E-state index contributed by atoms with van der Waals surface area (Å²) in [6.07, 6.45) is 0. The Kier molecular flexibility index (Phi) is 3.64. The molecule has 1 unspecified atom stereocenters. The summed E-state index contributed by atoms with van der Waals surface area (Å²) in [6.45, 7) is 1.89. The Balaban J connectivity index is 2.45. The summed E-state index contributed by atoms with van der Waals surface area (Å²) in [7, 11) is 1.82. The van der Waals surface area contributed by atoms with Crippen LogP contribution in [-0.4, -0.2) is 7.05 Å². The van der Waals surface area contributed by atoms with Gasteiger partial charge in [0, 0.05) is 4.47 Å². The zero-order valence-electron chi connectivity index (χ0n) is 9.63. The highest BCUT2D eigenvalue weighted by atomic mass is 79.9. The number of hydrogen-bond donors (Lipinski definition) is 1. The molecule has 0 radical (unpaired) electrons. The highest BCUT2D eigenvalue weighted by Gasteiger charge is 2.18. The van der Waals surface area contributed by atoms with Crippen LogP contribution in [0.2, 0.25) is 0 Å². The van der Waals surface area contributed by atoms with E-state index in [1.54, 1.807) is 6.07 Å². The quantitative estimate of drug-likeness (QED) is 0.932. The van der Waals surface area contributed by atoms with E-state index >= 15 is 0 Å². The van der Waals surface area contributed by atoms with E-state index in [0.29, 0.717) is 0 Å². The van der Waals surface area contributed by atoms with Crippen LogP contribution < -0.4 is 5.32 Å². The smallest absolute Gasteiger partial charge is 0.125 e. The summed E-state index contributed by atoms with van der Waals surface area (Å²) in [5.74, 6) is 1.36. The Morgan fingerprint density at radius 3 is 2.65 bits per heavy atom. The predicted octanol–water partition coefficient (Wildman–Crippen LogP) is 3.80. The molecule has 1 aromatic heterocycles. The SMILES string of the molecule is CNC(c1ccc(C)o1)c1cc(F)ccc1Br. The van der Waals surface area contributed by atoms with E-state index in [1.807, 2.05) is 26.1 Å². The lowest BCUT2D eigenvalue weighted by atomic mass is 10.0. The molecule has 0 saturated carbocycles. The molecule has 0 bridgehead atoms. The van der Waals surface area contributed by atoms with E-state index in [1.165, 1.54) is 12.1 Å². The average Bonchev–Trinajstić information content (AvgIpc) is 2.71. The molecule has 90 valence electrons. The first-order valence-corrected chi connectivity index (χ1v) is 6.09. The van der Waals surface area contributed by atoms with Gasteiger partial charge in [0.15, 0.2) is 0 Å². The largest absolute Gasteiger partial charge is 0.464 e. The van der Waals surface area contributed by atoms with Crippen LogP contribution in [0.3, 0.4) is 0 Å². The second kappa shape index (κ2) is 5.02. The van der Waals surface area contributed by atoms with Crippen molar-refractivity contribution < 1.29 is 8.81 Å². The minimum atomic E-state index is -0.258. The standard InChI is InChI=1S/C13H13BrFNO/c1-8-3-6-12(17-8)13(16-2)10-7-9(15)4-5-11(10)14/h3-7,13,16H,1-2H3.